The van der Waals surface area contributed by atoms with Gasteiger partial charge in [-0.1, -0.05) is 17.4 Å². The van der Waals surface area contributed by atoms with Crippen molar-refractivity contribution in [3.8, 4) is 11.8 Å². The highest BCUT2D eigenvalue weighted by atomic mass is 32.1. The SMILES string of the molecule is CC(C)(C)C#Cc1cc(C2=C(C3CCC(N)CC3)CCN(C3CCOC3)C2)c(C(=O)O)s1. The first-order valence-electron chi connectivity index (χ1n) is 11.9. The Balaban J connectivity index is 1.74. The Morgan fingerprint density at radius 2 is 2.00 bits per heavy atom. The molecular formula is C26H36N2O3S. The van der Waals surface area contributed by atoms with Gasteiger partial charge in [0.1, 0.15) is 4.88 Å². The van der Waals surface area contributed by atoms with Crippen molar-refractivity contribution in [3.05, 3.63) is 27.0 Å². The van der Waals surface area contributed by atoms with Crippen molar-refractivity contribution in [3.63, 3.8) is 0 Å². The van der Waals surface area contributed by atoms with Crippen LogP contribution in [0.1, 0.15) is 79.4 Å². The lowest BCUT2D eigenvalue weighted by molar-refractivity contribution is 0.0701. The Kier molecular flexibility index (Phi) is 7.11. The zero-order chi connectivity index (χ0) is 22.9. The Hall–Kier alpha value is -1.65. The zero-order valence-electron chi connectivity index (χ0n) is 19.6. The Morgan fingerprint density at radius 3 is 2.62 bits per heavy atom. The normalized spacial score (nSPS) is 27.3. The second-order valence-corrected chi connectivity index (χ2v) is 11.6. The minimum atomic E-state index is -0.854. The summed E-state index contributed by atoms with van der Waals surface area (Å²) in [5.74, 6) is 6.16. The van der Waals surface area contributed by atoms with Gasteiger partial charge >= 0.3 is 5.97 Å². The second-order valence-electron chi connectivity index (χ2n) is 10.5. The highest BCUT2D eigenvalue weighted by Gasteiger charge is 2.34. The number of aromatic carboxylic acids is 1. The van der Waals surface area contributed by atoms with E-state index in [0.29, 0.717) is 22.9 Å². The molecule has 0 bridgehead atoms. The van der Waals surface area contributed by atoms with E-state index < -0.39 is 5.97 Å². The smallest absolute Gasteiger partial charge is 0.346 e. The molecule has 32 heavy (non-hydrogen) atoms. The molecule has 1 aromatic rings. The van der Waals surface area contributed by atoms with Crippen LogP contribution in [0.15, 0.2) is 11.6 Å². The van der Waals surface area contributed by atoms with Gasteiger partial charge in [-0.15, -0.1) is 11.3 Å². The summed E-state index contributed by atoms with van der Waals surface area (Å²) in [5, 5.41) is 10.0. The van der Waals surface area contributed by atoms with E-state index in [2.05, 4.69) is 37.5 Å². The Morgan fingerprint density at radius 1 is 1.25 bits per heavy atom. The topological polar surface area (TPSA) is 75.8 Å². The first-order valence-corrected chi connectivity index (χ1v) is 12.7. The van der Waals surface area contributed by atoms with Crippen molar-refractivity contribution in [2.24, 2.45) is 17.1 Å². The molecule has 1 aromatic heterocycles. The van der Waals surface area contributed by atoms with Gasteiger partial charge in [-0.3, -0.25) is 4.90 Å². The standard InChI is InChI=1S/C26H36N2O3S/c1-26(2,3)11-8-20-14-22(24(32-20)25(29)30)23-15-28(19-10-13-31-16-19)12-9-21(23)17-4-6-18(27)7-5-17/h14,17-19H,4-7,9-10,12-13,15-16,27H2,1-3H3,(H,29,30). The molecule has 1 aliphatic carbocycles. The molecule has 0 aromatic carbocycles. The van der Waals surface area contributed by atoms with Gasteiger partial charge in [0, 0.05) is 42.8 Å². The minimum absolute atomic E-state index is 0.122. The predicted octanol–water partition coefficient (Wildman–Crippen LogP) is 4.61. The molecule has 0 spiro atoms. The third-order valence-corrected chi connectivity index (χ3v) is 7.95. The quantitative estimate of drug-likeness (QED) is 0.647. The van der Waals surface area contributed by atoms with E-state index in [0.717, 1.165) is 75.3 Å². The lowest BCUT2D eigenvalue weighted by Crippen LogP contribution is -2.41. The summed E-state index contributed by atoms with van der Waals surface area (Å²) in [4.78, 5) is 16.0. The van der Waals surface area contributed by atoms with Crippen molar-refractivity contribution in [1.82, 2.24) is 4.90 Å². The molecule has 2 fully saturated rings. The number of carbonyl (C=O) groups is 1. The van der Waals surface area contributed by atoms with Gasteiger partial charge in [-0.25, -0.2) is 4.79 Å². The fourth-order valence-electron chi connectivity index (χ4n) is 5.18. The number of carboxylic acid groups (broad SMARTS) is 1. The maximum atomic E-state index is 12.2. The largest absolute Gasteiger partial charge is 0.477 e. The molecule has 0 amide bonds. The fourth-order valence-corrected chi connectivity index (χ4v) is 6.06. The minimum Gasteiger partial charge on any atom is -0.477 e. The van der Waals surface area contributed by atoms with Crippen molar-refractivity contribution >= 4 is 22.9 Å². The summed E-state index contributed by atoms with van der Waals surface area (Å²) in [5.41, 5.74) is 9.63. The van der Waals surface area contributed by atoms with Crippen molar-refractivity contribution in [2.75, 3.05) is 26.3 Å². The Labute approximate surface area is 196 Å². The van der Waals surface area contributed by atoms with Gasteiger partial charge in [-0.2, -0.15) is 0 Å². The van der Waals surface area contributed by atoms with Gasteiger partial charge in [0.15, 0.2) is 0 Å². The number of nitrogens with zero attached hydrogens (tertiary/aromatic N) is 1. The molecule has 1 unspecified atom stereocenters. The van der Waals surface area contributed by atoms with E-state index in [1.54, 1.807) is 0 Å². The molecule has 6 heteroatoms. The van der Waals surface area contributed by atoms with Crippen LogP contribution >= 0.6 is 11.3 Å². The van der Waals surface area contributed by atoms with Crippen LogP contribution in [0.3, 0.4) is 0 Å². The zero-order valence-corrected chi connectivity index (χ0v) is 20.4. The van der Waals surface area contributed by atoms with Crippen LogP contribution in [0, 0.1) is 23.2 Å². The number of carboxylic acids is 1. The van der Waals surface area contributed by atoms with Crippen LogP contribution < -0.4 is 5.73 Å². The van der Waals surface area contributed by atoms with Gasteiger partial charge in [0.25, 0.3) is 0 Å². The predicted molar refractivity (Wildman–Crippen MR) is 130 cm³/mol. The maximum absolute atomic E-state index is 12.2. The lowest BCUT2D eigenvalue weighted by atomic mass is 9.76. The van der Waals surface area contributed by atoms with E-state index in [4.69, 9.17) is 10.5 Å². The molecule has 1 saturated heterocycles. The lowest BCUT2D eigenvalue weighted by Gasteiger charge is -2.38. The molecule has 0 radical (unpaired) electrons. The van der Waals surface area contributed by atoms with Gasteiger partial charge in [-0.05, 0) is 76.9 Å². The summed E-state index contributed by atoms with van der Waals surface area (Å²) in [6.07, 6.45) is 6.38. The summed E-state index contributed by atoms with van der Waals surface area (Å²) in [6, 6.07) is 2.77. The fraction of sp³-hybridized carbons (Fsp3) is 0.654. The van der Waals surface area contributed by atoms with Gasteiger partial charge < -0.3 is 15.6 Å². The van der Waals surface area contributed by atoms with E-state index >= 15 is 0 Å². The average Bonchev–Trinajstić information content (AvgIpc) is 3.42. The monoisotopic (exact) mass is 456 g/mol. The Bertz CT molecular complexity index is 932. The van der Waals surface area contributed by atoms with Crippen molar-refractivity contribution < 1.29 is 14.6 Å². The second kappa shape index (κ2) is 9.69. The van der Waals surface area contributed by atoms with Crippen LogP contribution in [0.25, 0.3) is 5.57 Å². The number of nitrogens with two attached hydrogens (primary N) is 1. The molecule has 5 nitrogen and oxygen atoms in total. The third kappa shape index (κ3) is 5.46. The molecule has 1 saturated carbocycles. The van der Waals surface area contributed by atoms with Gasteiger partial charge in [0.2, 0.25) is 0 Å². The van der Waals surface area contributed by atoms with Gasteiger partial charge in [0.05, 0.1) is 11.5 Å². The number of hydrogen-bond donors (Lipinski definition) is 2. The maximum Gasteiger partial charge on any atom is 0.346 e. The molecule has 174 valence electrons. The van der Waals surface area contributed by atoms with Crippen LogP contribution in [-0.2, 0) is 4.74 Å². The molecule has 3 heterocycles. The molecule has 1 atom stereocenters. The summed E-state index contributed by atoms with van der Waals surface area (Å²) in [7, 11) is 0. The first kappa shape index (κ1) is 23.5. The van der Waals surface area contributed by atoms with Crippen LogP contribution in [-0.4, -0.2) is 54.4 Å². The van der Waals surface area contributed by atoms with E-state index in [1.807, 2.05) is 6.07 Å². The number of ether oxygens (including phenoxy) is 1. The van der Waals surface area contributed by atoms with Crippen molar-refractivity contribution in [2.45, 2.75) is 71.4 Å². The first-order chi connectivity index (χ1) is 15.2. The van der Waals surface area contributed by atoms with Crippen LogP contribution in [0.5, 0.6) is 0 Å². The number of thiophene rings is 1. The molecule has 4 rings (SSSR count). The van der Waals surface area contributed by atoms with E-state index in [9.17, 15) is 9.90 Å². The molecule has 2 aliphatic heterocycles. The third-order valence-electron chi connectivity index (χ3n) is 6.92. The molecular weight excluding hydrogens is 420 g/mol. The molecule has 3 N–H and O–H groups in total. The summed E-state index contributed by atoms with van der Waals surface area (Å²) < 4.78 is 5.65. The highest BCUT2D eigenvalue weighted by molar-refractivity contribution is 7.14. The average molecular weight is 457 g/mol. The molecule has 3 aliphatic rings. The number of rotatable bonds is 4. The van der Waals surface area contributed by atoms with Crippen molar-refractivity contribution in [1.29, 1.82) is 0 Å². The van der Waals surface area contributed by atoms with E-state index in [1.165, 1.54) is 22.5 Å². The summed E-state index contributed by atoms with van der Waals surface area (Å²) in [6.45, 7) is 9.64. The number of hydrogen-bond acceptors (Lipinski definition) is 5. The summed E-state index contributed by atoms with van der Waals surface area (Å²) >= 11 is 1.31. The highest BCUT2D eigenvalue weighted by Crippen LogP contribution is 2.41. The van der Waals surface area contributed by atoms with Crippen LogP contribution in [0.4, 0.5) is 0 Å². The van der Waals surface area contributed by atoms with Crippen LogP contribution in [0.2, 0.25) is 0 Å². The van der Waals surface area contributed by atoms with E-state index in [-0.39, 0.29) is 5.41 Å².